The van der Waals surface area contributed by atoms with Crippen molar-refractivity contribution in [3.8, 4) is 5.75 Å². The van der Waals surface area contributed by atoms with E-state index in [2.05, 4.69) is 42.5 Å². The summed E-state index contributed by atoms with van der Waals surface area (Å²) in [7, 11) is 0. The molecule has 1 heterocycles. The number of phenols is 1. The van der Waals surface area contributed by atoms with Crippen LogP contribution in [0.15, 0.2) is 68.2 Å². The zero-order valence-corrected chi connectivity index (χ0v) is 16.3. The van der Waals surface area contributed by atoms with Crippen molar-refractivity contribution in [3.63, 3.8) is 0 Å². The molecule has 3 aromatic rings. The Labute approximate surface area is 165 Å². The molecule has 0 aliphatic heterocycles. The van der Waals surface area contributed by atoms with E-state index >= 15 is 0 Å². The molecule has 2 amide bonds. The summed E-state index contributed by atoms with van der Waals surface area (Å²) in [6.07, 6.45) is 1.42. The van der Waals surface area contributed by atoms with Crippen molar-refractivity contribution in [2.45, 2.75) is 0 Å². The lowest BCUT2D eigenvalue weighted by molar-refractivity contribution is 0.0995. The number of aromatic hydroxyl groups is 1. The SMILES string of the molecule is O=C(Nc1cc(Br)c(O)c(Br)c1)c1ccc(NC(=O)c2ccco2)cc1. The number of amides is 2. The van der Waals surface area contributed by atoms with E-state index in [1.54, 1.807) is 48.5 Å². The van der Waals surface area contributed by atoms with E-state index in [0.29, 0.717) is 25.9 Å². The van der Waals surface area contributed by atoms with Gasteiger partial charge in [-0.25, -0.2) is 0 Å². The van der Waals surface area contributed by atoms with E-state index in [1.165, 1.54) is 6.26 Å². The monoisotopic (exact) mass is 478 g/mol. The second kappa shape index (κ2) is 7.76. The van der Waals surface area contributed by atoms with E-state index in [9.17, 15) is 14.7 Å². The number of benzene rings is 2. The molecule has 132 valence electrons. The minimum absolute atomic E-state index is 0.0552. The molecule has 0 bridgehead atoms. The number of nitrogens with one attached hydrogen (secondary N) is 2. The number of halogens is 2. The smallest absolute Gasteiger partial charge is 0.291 e. The maximum Gasteiger partial charge on any atom is 0.291 e. The normalized spacial score (nSPS) is 10.4. The van der Waals surface area contributed by atoms with Crippen molar-refractivity contribution in [3.05, 3.63) is 75.1 Å². The maximum absolute atomic E-state index is 12.3. The second-order valence-electron chi connectivity index (χ2n) is 5.25. The van der Waals surface area contributed by atoms with E-state index in [1.807, 2.05) is 0 Å². The van der Waals surface area contributed by atoms with Crippen LogP contribution in [0.3, 0.4) is 0 Å². The molecule has 8 heteroatoms. The van der Waals surface area contributed by atoms with E-state index in [-0.39, 0.29) is 23.3 Å². The molecule has 0 aliphatic carbocycles. The van der Waals surface area contributed by atoms with Crippen molar-refractivity contribution in [2.24, 2.45) is 0 Å². The van der Waals surface area contributed by atoms with Gasteiger partial charge in [-0.3, -0.25) is 9.59 Å². The number of rotatable bonds is 4. The summed E-state index contributed by atoms with van der Waals surface area (Å²) in [6.45, 7) is 0. The minimum Gasteiger partial charge on any atom is -0.506 e. The number of carbonyl (C=O) groups is 2. The topological polar surface area (TPSA) is 91.6 Å². The first kappa shape index (κ1) is 18.2. The van der Waals surface area contributed by atoms with Crippen LogP contribution >= 0.6 is 31.9 Å². The number of hydrogen-bond donors (Lipinski definition) is 3. The molecule has 3 rings (SSSR count). The Morgan fingerprint density at radius 2 is 1.50 bits per heavy atom. The highest BCUT2D eigenvalue weighted by Gasteiger charge is 2.12. The van der Waals surface area contributed by atoms with Gasteiger partial charge in [0, 0.05) is 16.9 Å². The van der Waals surface area contributed by atoms with Crippen LogP contribution in [0.1, 0.15) is 20.9 Å². The van der Waals surface area contributed by atoms with Gasteiger partial charge in [-0.15, -0.1) is 0 Å². The van der Waals surface area contributed by atoms with Gasteiger partial charge in [0.15, 0.2) is 5.76 Å². The third kappa shape index (κ3) is 4.14. The lowest BCUT2D eigenvalue weighted by atomic mass is 10.2. The lowest BCUT2D eigenvalue weighted by Gasteiger charge is -2.09. The largest absolute Gasteiger partial charge is 0.506 e. The molecule has 3 N–H and O–H groups in total. The van der Waals surface area contributed by atoms with Crippen LogP contribution in [-0.2, 0) is 0 Å². The minimum atomic E-state index is -0.369. The molecular formula is C18H12Br2N2O4. The predicted molar refractivity (Wildman–Crippen MR) is 105 cm³/mol. The molecule has 6 nitrogen and oxygen atoms in total. The maximum atomic E-state index is 12.3. The molecule has 0 saturated heterocycles. The Morgan fingerprint density at radius 1 is 0.885 bits per heavy atom. The first-order valence-corrected chi connectivity index (χ1v) is 8.97. The third-order valence-corrected chi connectivity index (χ3v) is 4.63. The molecule has 0 aliphatic rings. The van der Waals surface area contributed by atoms with Gasteiger partial charge in [-0.05, 0) is 80.4 Å². The Kier molecular flexibility index (Phi) is 5.43. The molecule has 0 saturated carbocycles. The van der Waals surface area contributed by atoms with Crippen LogP contribution in [0, 0.1) is 0 Å². The molecule has 2 aromatic carbocycles. The Bertz CT molecular complexity index is 931. The fraction of sp³-hybridized carbons (Fsp3) is 0. The number of hydrogen-bond acceptors (Lipinski definition) is 4. The van der Waals surface area contributed by atoms with Crippen molar-refractivity contribution in [2.75, 3.05) is 10.6 Å². The van der Waals surface area contributed by atoms with Gasteiger partial charge in [0.25, 0.3) is 11.8 Å². The van der Waals surface area contributed by atoms with E-state index < -0.39 is 0 Å². The van der Waals surface area contributed by atoms with Crippen LogP contribution in [0.4, 0.5) is 11.4 Å². The molecule has 0 radical (unpaired) electrons. The predicted octanol–water partition coefficient (Wildman–Crippen LogP) is 5.01. The summed E-state index contributed by atoms with van der Waals surface area (Å²) in [5.41, 5.74) is 1.47. The van der Waals surface area contributed by atoms with Gasteiger partial charge < -0.3 is 20.2 Å². The average molecular weight is 480 g/mol. The van der Waals surface area contributed by atoms with Crippen molar-refractivity contribution < 1.29 is 19.1 Å². The molecule has 26 heavy (non-hydrogen) atoms. The van der Waals surface area contributed by atoms with E-state index in [0.717, 1.165) is 0 Å². The summed E-state index contributed by atoms with van der Waals surface area (Å²) in [4.78, 5) is 24.2. The summed E-state index contributed by atoms with van der Waals surface area (Å²) >= 11 is 6.43. The fourth-order valence-corrected chi connectivity index (χ4v) is 3.33. The lowest BCUT2D eigenvalue weighted by Crippen LogP contribution is -2.13. The molecule has 0 unspecified atom stereocenters. The summed E-state index contributed by atoms with van der Waals surface area (Å²) in [5.74, 6) is -0.431. The number of phenolic OH excluding ortho intramolecular Hbond substituents is 1. The first-order valence-electron chi connectivity index (χ1n) is 7.38. The molecule has 0 fully saturated rings. The Morgan fingerprint density at radius 3 is 2.08 bits per heavy atom. The van der Waals surface area contributed by atoms with Gasteiger partial charge in [-0.1, -0.05) is 0 Å². The zero-order valence-electron chi connectivity index (χ0n) is 13.1. The Hall–Kier alpha value is -2.58. The summed E-state index contributed by atoms with van der Waals surface area (Å²) in [6, 6.07) is 12.8. The highest BCUT2D eigenvalue weighted by Crippen LogP contribution is 2.35. The highest BCUT2D eigenvalue weighted by atomic mass is 79.9. The van der Waals surface area contributed by atoms with Crippen LogP contribution in [0.2, 0.25) is 0 Å². The summed E-state index contributed by atoms with van der Waals surface area (Å²) < 4.78 is 5.94. The standard InChI is InChI=1S/C18H12Br2N2O4/c19-13-8-12(9-14(20)16(13)23)22-17(24)10-3-5-11(6-4-10)21-18(25)15-2-1-7-26-15/h1-9,23H,(H,21,25)(H,22,24). The quantitative estimate of drug-likeness (QED) is 0.458. The van der Waals surface area contributed by atoms with Gasteiger partial charge >= 0.3 is 0 Å². The summed E-state index contributed by atoms with van der Waals surface area (Å²) in [5, 5.41) is 15.1. The highest BCUT2D eigenvalue weighted by molar-refractivity contribution is 9.11. The third-order valence-electron chi connectivity index (χ3n) is 3.42. The number of furan rings is 1. The van der Waals surface area contributed by atoms with Crippen molar-refractivity contribution in [1.82, 2.24) is 0 Å². The van der Waals surface area contributed by atoms with Crippen molar-refractivity contribution in [1.29, 1.82) is 0 Å². The van der Waals surface area contributed by atoms with Crippen molar-refractivity contribution >= 4 is 55.0 Å². The van der Waals surface area contributed by atoms with Crippen LogP contribution in [0.5, 0.6) is 5.75 Å². The van der Waals surface area contributed by atoms with Gasteiger partial charge in [0.05, 0.1) is 15.2 Å². The van der Waals surface area contributed by atoms with E-state index in [4.69, 9.17) is 4.42 Å². The van der Waals surface area contributed by atoms with Crippen LogP contribution < -0.4 is 10.6 Å². The van der Waals surface area contributed by atoms with Gasteiger partial charge in [0.1, 0.15) is 5.75 Å². The number of anilines is 2. The molecular weight excluding hydrogens is 468 g/mol. The van der Waals surface area contributed by atoms with Crippen LogP contribution in [0.25, 0.3) is 0 Å². The fourth-order valence-electron chi connectivity index (χ4n) is 2.15. The molecule has 1 aromatic heterocycles. The van der Waals surface area contributed by atoms with Gasteiger partial charge in [-0.2, -0.15) is 0 Å². The number of carbonyl (C=O) groups excluding carboxylic acids is 2. The van der Waals surface area contributed by atoms with Gasteiger partial charge in [0.2, 0.25) is 0 Å². The zero-order chi connectivity index (χ0) is 18.7. The first-order chi connectivity index (χ1) is 12.4. The van der Waals surface area contributed by atoms with Crippen LogP contribution in [-0.4, -0.2) is 16.9 Å². The molecule has 0 spiro atoms. The average Bonchev–Trinajstić information content (AvgIpc) is 3.15. The molecule has 0 atom stereocenters. The second-order valence-corrected chi connectivity index (χ2v) is 6.96. The Balaban J connectivity index is 1.68.